The molecule has 0 saturated heterocycles. The average Bonchev–Trinajstić information content (AvgIpc) is 2.97. The van der Waals surface area contributed by atoms with Crippen LogP contribution in [0.5, 0.6) is 11.5 Å². The average molecular weight is 681 g/mol. The van der Waals surface area contributed by atoms with Crippen LogP contribution in [0.3, 0.4) is 0 Å². The number of rotatable bonds is 5. The molecule has 4 N–H and O–H groups in total. The monoisotopic (exact) mass is 681 g/mol. The second-order valence-electron chi connectivity index (χ2n) is 18.1. The number of esters is 1. The Bertz CT molecular complexity index is 1400. The molecule has 0 aromatic heterocycles. The fourth-order valence-corrected chi connectivity index (χ4v) is 6.87. The minimum atomic E-state index is -0.245. The molecule has 276 valence electrons. The highest BCUT2D eigenvalue weighted by Gasteiger charge is 2.28. The number of carbonyl (C=O) groups is 1. The molecule has 2 aromatic rings. The number of carbonyl (C=O) groups excluding carboxylic acids is 1. The number of phenols is 2. The molecule has 1 heterocycles. The van der Waals surface area contributed by atoms with Crippen LogP contribution in [0.2, 0.25) is 0 Å². The molecule has 0 aliphatic carbocycles. The highest BCUT2D eigenvalue weighted by atomic mass is 16.5. The molecule has 0 atom stereocenters. The predicted octanol–water partition coefficient (Wildman–Crippen LogP) is 7.22. The Balaban J connectivity index is 2.09. The minimum Gasteiger partial charge on any atom is -0.507 e. The lowest BCUT2D eigenvalue weighted by Crippen LogP contribution is -2.41. The van der Waals surface area contributed by atoms with Gasteiger partial charge in [0.05, 0.1) is 13.5 Å². The van der Waals surface area contributed by atoms with Crippen LogP contribution >= 0.6 is 0 Å². The summed E-state index contributed by atoms with van der Waals surface area (Å²) in [6.07, 6.45) is 1.30. The summed E-state index contributed by atoms with van der Waals surface area (Å²) in [7, 11) is 1.43. The second kappa shape index (κ2) is 16.6. The first kappa shape index (κ1) is 40.8. The Morgan fingerprint density at radius 2 is 1.12 bits per heavy atom. The lowest BCUT2D eigenvalue weighted by atomic mass is 9.84. The topological polar surface area (TPSA) is 97.3 Å². The van der Waals surface area contributed by atoms with E-state index >= 15 is 0 Å². The van der Waals surface area contributed by atoms with Crippen molar-refractivity contribution >= 4 is 5.97 Å². The number of aromatic hydroxyl groups is 2. The predicted molar refractivity (Wildman–Crippen MR) is 202 cm³/mol. The fraction of sp³-hybridized carbons (Fsp3) is 0.683. The van der Waals surface area contributed by atoms with Crippen LogP contribution in [-0.2, 0) is 46.5 Å². The van der Waals surface area contributed by atoms with Gasteiger partial charge < -0.3 is 25.6 Å². The Morgan fingerprint density at radius 3 is 1.49 bits per heavy atom. The van der Waals surface area contributed by atoms with Crippen LogP contribution in [0.1, 0.15) is 122 Å². The van der Waals surface area contributed by atoms with E-state index in [0.29, 0.717) is 57.3 Å². The van der Waals surface area contributed by atoms with Crippen molar-refractivity contribution in [2.24, 2.45) is 10.8 Å². The molecule has 2 aromatic carbocycles. The molecule has 1 aliphatic heterocycles. The zero-order valence-corrected chi connectivity index (χ0v) is 32.9. The quantitative estimate of drug-likeness (QED) is 0.246. The summed E-state index contributed by atoms with van der Waals surface area (Å²) in [6.45, 7) is 31.3. The number of fused-ring (bicyclic) bond motifs is 4. The van der Waals surface area contributed by atoms with Crippen molar-refractivity contribution in [3.8, 4) is 11.5 Å². The first-order valence-electron chi connectivity index (χ1n) is 18.3. The van der Waals surface area contributed by atoms with Gasteiger partial charge in [0.15, 0.2) is 0 Å². The van der Waals surface area contributed by atoms with Gasteiger partial charge in [-0.2, -0.15) is 0 Å². The lowest BCUT2D eigenvalue weighted by molar-refractivity contribution is -0.141. The van der Waals surface area contributed by atoms with Crippen LogP contribution in [0, 0.1) is 10.8 Å². The van der Waals surface area contributed by atoms with Gasteiger partial charge in [0.25, 0.3) is 0 Å². The molecule has 3 rings (SSSR count). The summed E-state index contributed by atoms with van der Waals surface area (Å²) in [5.74, 6) is 0.459. The van der Waals surface area contributed by atoms with Crippen molar-refractivity contribution in [2.45, 2.75) is 126 Å². The molecule has 1 aliphatic rings. The highest BCUT2D eigenvalue weighted by molar-refractivity contribution is 5.69. The van der Waals surface area contributed by atoms with Gasteiger partial charge in [0.1, 0.15) is 11.5 Å². The molecule has 0 saturated carbocycles. The summed E-state index contributed by atoms with van der Waals surface area (Å²) in [4.78, 5) is 17.0. The van der Waals surface area contributed by atoms with Gasteiger partial charge in [-0.1, -0.05) is 100 Å². The number of hydrogen-bond donors (Lipinski definition) is 4. The van der Waals surface area contributed by atoms with Gasteiger partial charge in [-0.15, -0.1) is 0 Å². The van der Waals surface area contributed by atoms with E-state index in [1.165, 1.54) is 18.2 Å². The number of ether oxygens (including phenoxy) is 1. The van der Waals surface area contributed by atoms with E-state index in [1.54, 1.807) is 0 Å². The fourth-order valence-electron chi connectivity index (χ4n) is 6.87. The van der Waals surface area contributed by atoms with Crippen LogP contribution in [-0.4, -0.2) is 72.4 Å². The zero-order valence-electron chi connectivity index (χ0n) is 32.9. The van der Waals surface area contributed by atoms with Crippen LogP contribution in [0.4, 0.5) is 0 Å². The third kappa shape index (κ3) is 12.3. The van der Waals surface area contributed by atoms with E-state index in [0.717, 1.165) is 48.3 Å². The van der Waals surface area contributed by atoms with Crippen molar-refractivity contribution in [3.63, 3.8) is 0 Å². The van der Waals surface area contributed by atoms with Gasteiger partial charge >= 0.3 is 5.97 Å². The molecule has 8 nitrogen and oxygen atoms in total. The van der Waals surface area contributed by atoms with Gasteiger partial charge in [-0.25, -0.2) is 0 Å². The number of phenolic OH excluding ortho intramolecular Hbond substituents is 2. The van der Waals surface area contributed by atoms with E-state index in [1.807, 2.05) is 0 Å². The Hall–Kier alpha value is -2.65. The van der Waals surface area contributed by atoms with Crippen molar-refractivity contribution in [3.05, 3.63) is 57.6 Å². The largest absolute Gasteiger partial charge is 0.507 e. The van der Waals surface area contributed by atoms with Crippen molar-refractivity contribution in [1.29, 1.82) is 0 Å². The second-order valence-corrected chi connectivity index (χ2v) is 18.1. The Kier molecular flexibility index (Phi) is 13.8. The molecule has 0 spiro atoms. The van der Waals surface area contributed by atoms with E-state index in [-0.39, 0.29) is 34.1 Å². The molecule has 0 fully saturated rings. The smallest absolute Gasteiger partial charge is 0.306 e. The minimum absolute atomic E-state index is 0.0581. The summed E-state index contributed by atoms with van der Waals surface area (Å²) >= 11 is 0. The lowest BCUT2D eigenvalue weighted by Gasteiger charge is -2.35. The van der Waals surface area contributed by atoms with E-state index in [4.69, 9.17) is 4.74 Å². The van der Waals surface area contributed by atoms with Crippen molar-refractivity contribution in [2.75, 3.05) is 46.4 Å². The van der Waals surface area contributed by atoms with Crippen LogP contribution < -0.4 is 10.6 Å². The molecule has 4 bridgehead atoms. The highest BCUT2D eigenvalue weighted by Crippen LogP contribution is 2.35. The molecular weight excluding hydrogens is 612 g/mol. The summed E-state index contributed by atoms with van der Waals surface area (Å²) in [5.41, 5.74) is 5.66. The standard InChI is InChI=1S/C41H68N4O4/c1-13-15-44-23-31-19-33(38(2,3)4)17-29(36(31)47)21-43-26-41(10,11)28-45(16-14-35(46)49-12)24-32-20-34(39(5,6)7)18-30(37(32)48)22-42-25-40(8,9)27-44/h17-20,42-43,47-48H,13-16,21-28H2,1-12H3. The van der Waals surface area contributed by atoms with E-state index < -0.39 is 0 Å². The molecule has 0 amide bonds. The molecule has 49 heavy (non-hydrogen) atoms. The molecule has 0 unspecified atom stereocenters. The van der Waals surface area contributed by atoms with Crippen molar-refractivity contribution in [1.82, 2.24) is 20.4 Å². The van der Waals surface area contributed by atoms with Gasteiger partial charge in [-0.3, -0.25) is 14.6 Å². The first-order valence-corrected chi connectivity index (χ1v) is 18.3. The maximum Gasteiger partial charge on any atom is 0.306 e. The third-order valence-corrected chi connectivity index (χ3v) is 9.60. The Labute approximate surface area is 298 Å². The summed E-state index contributed by atoms with van der Waals surface area (Å²) in [5, 5.41) is 30.7. The van der Waals surface area contributed by atoms with Crippen LogP contribution in [0.15, 0.2) is 24.3 Å². The maximum atomic E-state index is 12.3. The van der Waals surface area contributed by atoms with E-state index in [9.17, 15) is 15.0 Å². The SMILES string of the molecule is CCCN1Cc2cc(C(C)(C)C)cc(c2O)CNCC(C)(C)CN(CCC(=O)OC)Cc2cc(C(C)(C)C)cc(c2O)CNCC(C)(C)C1. The molecule has 8 heteroatoms. The summed E-state index contributed by atoms with van der Waals surface area (Å²) in [6, 6.07) is 8.64. The normalized spacial score (nSPS) is 18.9. The van der Waals surface area contributed by atoms with Gasteiger partial charge in [-0.05, 0) is 45.8 Å². The summed E-state index contributed by atoms with van der Waals surface area (Å²) < 4.78 is 5.00. The van der Waals surface area contributed by atoms with Gasteiger partial charge in [0, 0.05) is 81.2 Å². The number of hydrogen-bond acceptors (Lipinski definition) is 8. The zero-order chi connectivity index (χ0) is 36.8. The van der Waals surface area contributed by atoms with Crippen molar-refractivity contribution < 1.29 is 19.7 Å². The molecular formula is C41H68N4O4. The number of nitrogens with one attached hydrogen (secondary N) is 2. The number of nitrogens with zero attached hydrogens (tertiary/aromatic N) is 2. The number of methoxy groups -OCH3 is 1. The number of benzene rings is 2. The van der Waals surface area contributed by atoms with Crippen LogP contribution in [0.25, 0.3) is 0 Å². The molecule has 0 radical (unpaired) electrons. The Morgan fingerprint density at radius 1 is 0.735 bits per heavy atom. The van der Waals surface area contributed by atoms with E-state index in [2.05, 4.69) is 121 Å². The maximum absolute atomic E-state index is 12.3. The van der Waals surface area contributed by atoms with Gasteiger partial charge in [0.2, 0.25) is 0 Å². The third-order valence-electron chi connectivity index (χ3n) is 9.60. The first-order chi connectivity index (χ1) is 22.6.